The highest BCUT2D eigenvalue weighted by Crippen LogP contribution is 2.35. The molecule has 0 atom stereocenters. The Hall–Kier alpha value is -2.02. The Bertz CT molecular complexity index is 1030. The number of nitrogens with one attached hydrogen (secondary N) is 1. The number of H-pyrrole nitrogens is 1. The number of fused-ring (bicyclic) bond motifs is 1. The van der Waals surface area contributed by atoms with Gasteiger partial charge in [-0.25, -0.2) is 4.98 Å². The quantitative estimate of drug-likeness (QED) is 0.648. The van der Waals surface area contributed by atoms with Gasteiger partial charge in [0.25, 0.3) is 5.56 Å². The third kappa shape index (κ3) is 4.44. The summed E-state index contributed by atoms with van der Waals surface area (Å²) in [6.07, 6.45) is 2.28. The molecule has 1 aliphatic heterocycles. The molecule has 29 heavy (non-hydrogen) atoms. The van der Waals surface area contributed by atoms with Crippen LogP contribution in [0.25, 0.3) is 21.3 Å². The van der Waals surface area contributed by atoms with Gasteiger partial charge in [0, 0.05) is 23.7 Å². The van der Waals surface area contributed by atoms with Gasteiger partial charge in [0.1, 0.15) is 10.7 Å². The van der Waals surface area contributed by atoms with E-state index in [9.17, 15) is 4.79 Å². The number of rotatable bonds is 6. The Morgan fingerprint density at radius 3 is 2.62 bits per heavy atom. The maximum absolute atomic E-state index is 13.0. The molecule has 0 amide bonds. The van der Waals surface area contributed by atoms with Gasteiger partial charge in [0.05, 0.1) is 11.9 Å². The maximum Gasteiger partial charge on any atom is 0.260 e. The molecular weight excluding hydrogens is 382 g/mol. The molecule has 0 radical (unpaired) electrons. The Morgan fingerprint density at radius 2 is 1.93 bits per heavy atom. The standard InChI is InChI=1S/C23H29N3O2S/c1-4-28-14-17-9-11-26(12-10-17)13-19-24-22(27)21-20(16(3)29-23(21)25-19)18-7-5-15(2)6-8-18/h5-8,17H,4,9-14H2,1-3H3,(H,24,25,27). The SMILES string of the molecule is CCOCC1CCN(Cc2nc3sc(C)c(-c4ccc(C)cc4)c3c(=O)[nH]2)CC1. The minimum Gasteiger partial charge on any atom is -0.381 e. The van der Waals surface area contributed by atoms with E-state index in [1.807, 2.05) is 6.92 Å². The lowest BCUT2D eigenvalue weighted by atomic mass is 9.98. The Balaban J connectivity index is 1.55. The highest BCUT2D eigenvalue weighted by atomic mass is 32.1. The maximum atomic E-state index is 13.0. The van der Waals surface area contributed by atoms with Crippen molar-refractivity contribution >= 4 is 21.6 Å². The lowest BCUT2D eigenvalue weighted by Crippen LogP contribution is -2.35. The van der Waals surface area contributed by atoms with E-state index < -0.39 is 0 Å². The van der Waals surface area contributed by atoms with Crippen LogP contribution in [0.15, 0.2) is 29.1 Å². The summed E-state index contributed by atoms with van der Waals surface area (Å²) in [6.45, 7) is 10.6. The van der Waals surface area contributed by atoms with Crippen LogP contribution in [0.4, 0.5) is 0 Å². The van der Waals surface area contributed by atoms with Gasteiger partial charge >= 0.3 is 0 Å². The molecule has 1 aromatic carbocycles. The van der Waals surface area contributed by atoms with Crippen molar-refractivity contribution in [2.24, 2.45) is 5.92 Å². The van der Waals surface area contributed by atoms with Gasteiger partial charge in [-0.15, -0.1) is 11.3 Å². The van der Waals surface area contributed by atoms with Gasteiger partial charge in [0.15, 0.2) is 0 Å². The zero-order valence-electron chi connectivity index (χ0n) is 17.5. The molecular formula is C23H29N3O2S. The smallest absolute Gasteiger partial charge is 0.260 e. The van der Waals surface area contributed by atoms with E-state index in [0.29, 0.717) is 12.5 Å². The van der Waals surface area contributed by atoms with Crippen molar-refractivity contribution < 1.29 is 4.74 Å². The molecule has 1 fully saturated rings. The van der Waals surface area contributed by atoms with Crippen LogP contribution in [0.5, 0.6) is 0 Å². The molecule has 1 N–H and O–H groups in total. The molecule has 1 saturated heterocycles. The molecule has 0 unspecified atom stereocenters. The molecule has 3 aromatic rings. The first-order valence-corrected chi connectivity index (χ1v) is 11.3. The van der Waals surface area contributed by atoms with Crippen LogP contribution in [-0.2, 0) is 11.3 Å². The van der Waals surface area contributed by atoms with Gasteiger partial charge in [-0.2, -0.15) is 0 Å². The fourth-order valence-electron chi connectivity index (χ4n) is 4.11. The number of piperidine rings is 1. The molecule has 6 heteroatoms. The van der Waals surface area contributed by atoms with Crippen molar-refractivity contribution in [2.75, 3.05) is 26.3 Å². The normalized spacial score (nSPS) is 16.0. The molecule has 4 rings (SSSR count). The Morgan fingerprint density at radius 1 is 1.21 bits per heavy atom. The first kappa shape index (κ1) is 20.3. The molecule has 0 aliphatic carbocycles. The highest BCUT2D eigenvalue weighted by Gasteiger charge is 2.21. The monoisotopic (exact) mass is 411 g/mol. The minimum absolute atomic E-state index is 0.0313. The third-order valence-electron chi connectivity index (χ3n) is 5.77. The zero-order valence-corrected chi connectivity index (χ0v) is 18.3. The van der Waals surface area contributed by atoms with E-state index in [4.69, 9.17) is 9.72 Å². The van der Waals surface area contributed by atoms with Crippen molar-refractivity contribution in [3.63, 3.8) is 0 Å². The Kier molecular flexibility index (Phi) is 6.13. The van der Waals surface area contributed by atoms with Crippen LogP contribution in [0, 0.1) is 19.8 Å². The number of aromatic nitrogens is 2. The van der Waals surface area contributed by atoms with Crippen molar-refractivity contribution in [1.29, 1.82) is 0 Å². The van der Waals surface area contributed by atoms with E-state index in [1.165, 1.54) is 5.56 Å². The molecule has 0 spiro atoms. The van der Waals surface area contributed by atoms with Crippen molar-refractivity contribution in [3.05, 3.63) is 50.9 Å². The largest absolute Gasteiger partial charge is 0.381 e. The lowest BCUT2D eigenvalue weighted by molar-refractivity contribution is 0.0717. The number of hydrogen-bond acceptors (Lipinski definition) is 5. The number of thiophene rings is 1. The van der Waals surface area contributed by atoms with Crippen LogP contribution >= 0.6 is 11.3 Å². The van der Waals surface area contributed by atoms with E-state index >= 15 is 0 Å². The summed E-state index contributed by atoms with van der Waals surface area (Å²) in [6, 6.07) is 8.35. The molecule has 154 valence electrons. The van der Waals surface area contributed by atoms with Gasteiger partial charge in [0.2, 0.25) is 0 Å². The van der Waals surface area contributed by atoms with Gasteiger partial charge in [-0.05, 0) is 58.2 Å². The number of benzene rings is 1. The summed E-state index contributed by atoms with van der Waals surface area (Å²) in [5, 5.41) is 0.718. The summed E-state index contributed by atoms with van der Waals surface area (Å²) in [5.41, 5.74) is 3.28. The van der Waals surface area contributed by atoms with Crippen molar-refractivity contribution in [1.82, 2.24) is 14.9 Å². The molecule has 0 saturated carbocycles. The second-order valence-electron chi connectivity index (χ2n) is 7.97. The van der Waals surface area contributed by atoms with Gasteiger partial charge in [-0.1, -0.05) is 29.8 Å². The van der Waals surface area contributed by atoms with Crippen LogP contribution in [0.3, 0.4) is 0 Å². The Labute approximate surface area is 175 Å². The predicted molar refractivity (Wildman–Crippen MR) is 120 cm³/mol. The molecule has 3 heterocycles. The number of hydrogen-bond donors (Lipinski definition) is 1. The number of nitrogens with zero attached hydrogens (tertiary/aromatic N) is 2. The summed E-state index contributed by atoms with van der Waals surface area (Å²) in [7, 11) is 0. The lowest BCUT2D eigenvalue weighted by Gasteiger charge is -2.31. The van der Waals surface area contributed by atoms with E-state index in [-0.39, 0.29) is 5.56 Å². The van der Waals surface area contributed by atoms with Crippen LogP contribution in [0.1, 0.15) is 36.0 Å². The minimum atomic E-state index is -0.0313. The zero-order chi connectivity index (χ0) is 20.4. The molecule has 1 aliphatic rings. The van der Waals surface area contributed by atoms with Crippen LogP contribution in [-0.4, -0.2) is 41.2 Å². The van der Waals surface area contributed by atoms with Crippen molar-refractivity contribution in [3.8, 4) is 11.1 Å². The molecule has 0 bridgehead atoms. The summed E-state index contributed by atoms with van der Waals surface area (Å²) >= 11 is 1.61. The van der Waals surface area contributed by atoms with Crippen LogP contribution < -0.4 is 5.56 Å². The van der Waals surface area contributed by atoms with Crippen LogP contribution in [0.2, 0.25) is 0 Å². The topological polar surface area (TPSA) is 58.2 Å². The number of ether oxygens (including phenoxy) is 1. The molecule has 2 aromatic heterocycles. The van der Waals surface area contributed by atoms with E-state index in [0.717, 1.165) is 71.2 Å². The average Bonchev–Trinajstić information content (AvgIpc) is 3.04. The van der Waals surface area contributed by atoms with Gasteiger partial charge in [-0.3, -0.25) is 9.69 Å². The predicted octanol–water partition coefficient (Wildman–Crippen LogP) is 4.52. The average molecular weight is 412 g/mol. The number of aromatic amines is 1. The highest BCUT2D eigenvalue weighted by molar-refractivity contribution is 7.19. The summed E-state index contributed by atoms with van der Waals surface area (Å²) in [4.78, 5) is 25.2. The molecule has 5 nitrogen and oxygen atoms in total. The van der Waals surface area contributed by atoms with E-state index in [2.05, 4.69) is 48.0 Å². The number of aryl methyl sites for hydroxylation is 2. The number of likely N-dealkylation sites (tertiary alicyclic amines) is 1. The van der Waals surface area contributed by atoms with Gasteiger partial charge < -0.3 is 9.72 Å². The van der Waals surface area contributed by atoms with E-state index in [1.54, 1.807) is 11.3 Å². The third-order valence-corrected chi connectivity index (χ3v) is 6.76. The second-order valence-corrected chi connectivity index (χ2v) is 9.17. The first-order valence-electron chi connectivity index (χ1n) is 10.4. The fourth-order valence-corrected chi connectivity index (χ4v) is 5.18. The summed E-state index contributed by atoms with van der Waals surface area (Å²) < 4.78 is 5.57. The second kappa shape index (κ2) is 8.78. The summed E-state index contributed by atoms with van der Waals surface area (Å²) in [5.74, 6) is 1.42. The first-order chi connectivity index (χ1) is 14.0. The fraction of sp³-hybridized carbons (Fsp3) is 0.478. The van der Waals surface area contributed by atoms with Crippen molar-refractivity contribution in [2.45, 2.75) is 40.2 Å².